The summed E-state index contributed by atoms with van der Waals surface area (Å²) in [5.74, 6) is 0. The first-order valence-corrected chi connectivity index (χ1v) is 11.7. The van der Waals surface area contributed by atoms with Gasteiger partial charge in [-0.15, -0.1) is 45.3 Å². The largest absolute Gasteiger partial charge is 0.246 e. The molecule has 0 aliphatic heterocycles. The maximum Gasteiger partial charge on any atom is 0.136 e. The molecule has 0 atom stereocenters. The van der Waals surface area contributed by atoms with Crippen molar-refractivity contribution >= 4 is 45.3 Å². The van der Waals surface area contributed by atoms with Gasteiger partial charge in [-0.05, 0) is 26.7 Å². The van der Waals surface area contributed by atoms with Crippen molar-refractivity contribution in [3.8, 4) is 29.7 Å². The third-order valence-corrected chi connectivity index (χ3v) is 8.39. The van der Waals surface area contributed by atoms with Gasteiger partial charge in [-0.25, -0.2) is 19.9 Å². The van der Waals surface area contributed by atoms with Gasteiger partial charge in [0.1, 0.15) is 15.0 Å². The zero-order valence-electron chi connectivity index (χ0n) is 15.0. The highest BCUT2D eigenvalue weighted by Crippen LogP contribution is 2.42. The Balaban J connectivity index is 1.75. The minimum absolute atomic E-state index is 0.899. The van der Waals surface area contributed by atoms with Crippen LogP contribution in [0.25, 0.3) is 29.7 Å². The van der Waals surface area contributed by atoms with Crippen LogP contribution < -0.4 is 0 Å². The van der Waals surface area contributed by atoms with Crippen molar-refractivity contribution in [2.24, 2.45) is 0 Å². The Bertz CT molecular complexity index is 1050. The van der Waals surface area contributed by atoms with E-state index in [1.807, 2.05) is 12.4 Å². The number of aromatic nitrogens is 4. The lowest BCUT2D eigenvalue weighted by Gasteiger charge is -1.93. The Kier molecular flexibility index (Phi) is 5.00. The van der Waals surface area contributed by atoms with Crippen molar-refractivity contribution in [2.45, 2.75) is 40.5 Å². The Hall–Kier alpha value is -1.48. The molecule has 0 aromatic carbocycles. The van der Waals surface area contributed by atoms with Gasteiger partial charge in [0.25, 0.3) is 0 Å². The molecule has 4 heterocycles. The second kappa shape index (κ2) is 7.26. The van der Waals surface area contributed by atoms with E-state index in [-0.39, 0.29) is 0 Å². The third-order valence-electron chi connectivity index (χ3n) is 3.90. The second-order valence-corrected chi connectivity index (χ2v) is 10.3. The van der Waals surface area contributed by atoms with Gasteiger partial charge >= 0.3 is 0 Å². The van der Waals surface area contributed by atoms with E-state index in [1.54, 1.807) is 45.3 Å². The minimum atomic E-state index is 0.899. The topological polar surface area (TPSA) is 51.6 Å². The van der Waals surface area contributed by atoms with E-state index >= 15 is 0 Å². The Labute approximate surface area is 168 Å². The highest BCUT2D eigenvalue weighted by Gasteiger charge is 2.20. The third kappa shape index (κ3) is 3.26. The molecule has 134 valence electrons. The molecule has 0 saturated heterocycles. The molecule has 0 amide bonds. The monoisotopic (exact) mass is 418 g/mol. The van der Waals surface area contributed by atoms with E-state index in [0.717, 1.165) is 49.1 Å². The molecule has 4 rings (SSSR count). The molecule has 0 N–H and O–H groups in total. The fraction of sp³-hybridized carbons (Fsp3) is 0.333. The zero-order valence-corrected chi connectivity index (χ0v) is 18.3. The van der Waals surface area contributed by atoms with E-state index in [2.05, 4.69) is 42.6 Å². The lowest BCUT2D eigenvalue weighted by Crippen LogP contribution is -1.85. The Morgan fingerprint density at radius 3 is 2.12 bits per heavy atom. The first-order chi connectivity index (χ1) is 12.6. The van der Waals surface area contributed by atoms with Crippen LogP contribution in [0.1, 0.15) is 35.1 Å². The smallest absolute Gasteiger partial charge is 0.136 e. The fourth-order valence-corrected chi connectivity index (χ4v) is 6.77. The van der Waals surface area contributed by atoms with Crippen LogP contribution in [0.15, 0.2) is 12.4 Å². The van der Waals surface area contributed by atoms with Crippen LogP contribution in [-0.4, -0.2) is 19.9 Å². The van der Waals surface area contributed by atoms with Gasteiger partial charge in [0.15, 0.2) is 0 Å². The van der Waals surface area contributed by atoms with Crippen molar-refractivity contribution in [1.29, 1.82) is 0 Å². The summed E-state index contributed by atoms with van der Waals surface area (Å²) >= 11 is 6.88. The fourth-order valence-electron chi connectivity index (χ4n) is 2.68. The van der Waals surface area contributed by atoms with E-state index in [4.69, 9.17) is 4.98 Å². The number of hydrogen-bond acceptors (Lipinski definition) is 8. The first-order valence-electron chi connectivity index (χ1n) is 8.44. The summed E-state index contributed by atoms with van der Waals surface area (Å²) in [7, 11) is 0. The van der Waals surface area contributed by atoms with E-state index in [0.29, 0.717) is 0 Å². The van der Waals surface area contributed by atoms with Crippen LogP contribution in [0, 0.1) is 13.8 Å². The Morgan fingerprint density at radius 1 is 0.731 bits per heavy atom. The van der Waals surface area contributed by atoms with Gasteiger partial charge < -0.3 is 0 Å². The number of hydrogen-bond donors (Lipinski definition) is 0. The second-order valence-electron chi connectivity index (χ2n) is 5.82. The average molecular weight is 419 g/mol. The molecule has 0 fully saturated rings. The molecule has 0 unspecified atom stereocenters. The van der Waals surface area contributed by atoms with Crippen LogP contribution in [0.3, 0.4) is 0 Å². The van der Waals surface area contributed by atoms with Crippen LogP contribution >= 0.6 is 45.3 Å². The molecule has 26 heavy (non-hydrogen) atoms. The maximum atomic E-state index is 4.93. The highest BCUT2D eigenvalue weighted by atomic mass is 32.1. The standard InChI is InChI=1S/C18H18N4S4/c1-5-11-15(24-10(4)21-11)18-22-12(6-2)14(26-18)17-20-8-13(25-17)16-19-7-9(3)23-16/h7-8H,5-6H2,1-4H3. The molecule has 4 aromatic heterocycles. The molecule has 0 bridgehead atoms. The van der Waals surface area contributed by atoms with Crippen molar-refractivity contribution in [3.05, 3.63) is 33.7 Å². The molecular weight excluding hydrogens is 400 g/mol. The maximum absolute atomic E-state index is 4.93. The molecule has 8 heteroatoms. The SMILES string of the molecule is CCc1nc(C)sc1-c1nc(CC)c(-c2ncc(-c3ncc(C)s3)s2)s1. The van der Waals surface area contributed by atoms with E-state index in [9.17, 15) is 0 Å². The molecule has 0 aliphatic rings. The van der Waals surface area contributed by atoms with E-state index < -0.39 is 0 Å². The van der Waals surface area contributed by atoms with Crippen molar-refractivity contribution in [3.63, 3.8) is 0 Å². The molecule has 0 saturated carbocycles. The van der Waals surface area contributed by atoms with E-state index in [1.165, 1.54) is 14.6 Å². The summed E-state index contributed by atoms with van der Waals surface area (Å²) in [5, 5.41) is 4.25. The summed E-state index contributed by atoms with van der Waals surface area (Å²) in [6, 6.07) is 0. The highest BCUT2D eigenvalue weighted by molar-refractivity contribution is 7.28. The molecular formula is C18H18N4S4. The molecule has 0 radical (unpaired) electrons. The van der Waals surface area contributed by atoms with Gasteiger partial charge in [-0.3, -0.25) is 0 Å². The summed E-state index contributed by atoms with van der Waals surface area (Å²) < 4.78 is 0. The quantitative estimate of drug-likeness (QED) is 0.384. The van der Waals surface area contributed by atoms with Gasteiger partial charge in [-0.2, -0.15) is 0 Å². The Morgan fingerprint density at radius 2 is 1.42 bits per heavy atom. The van der Waals surface area contributed by atoms with Crippen molar-refractivity contribution in [1.82, 2.24) is 19.9 Å². The molecule has 0 spiro atoms. The van der Waals surface area contributed by atoms with Crippen LogP contribution in [0.2, 0.25) is 0 Å². The average Bonchev–Trinajstić information content (AvgIpc) is 3.39. The van der Waals surface area contributed by atoms with Gasteiger partial charge in [0.2, 0.25) is 0 Å². The minimum Gasteiger partial charge on any atom is -0.246 e. The summed E-state index contributed by atoms with van der Waals surface area (Å²) in [6.07, 6.45) is 5.68. The van der Waals surface area contributed by atoms with Crippen molar-refractivity contribution < 1.29 is 0 Å². The molecule has 4 aromatic rings. The van der Waals surface area contributed by atoms with Gasteiger partial charge in [-0.1, -0.05) is 13.8 Å². The number of aryl methyl sites for hydroxylation is 4. The molecule has 4 nitrogen and oxygen atoms in total. The predicted octanol–water partition coefficient (Wildman–Crippen LogP) is 6.26. The lowest BCUT2D eigenvalue weighted by molar-refractivity contribution is 1.04. The summed E-state index contributed by atoms with van der Waals surface area (Å²) in [5.41, 5.74) is 2.27. The van der Waals surface area contributed by atoms with Gasteiger partial charge in [0, 0.05) is 17.3 Å². The van der Waals surface area contributed by atoms with Crippen LogP contribution in [0.4, 0.5) is 0 Å². The zero-order chi connectivity index (χ0) is 18.3. The van der Waals surface area contributed by atoms with Crippen LogP contribution in [-0.2, 0) is 12.8 Å². The summed E-state index contributed by atoms with van der Waals surface area (Å²) in [6.45, 7) is 8.44. The summed E-state index contributed by atoms with van der Waals surface area (Å²) in [4.78, 5) is 23.5. The molecule has 0 aliphatic carbocycles. The normalized spacial score (nSPS) is 11.4. The lowest BCUT2D eigenvalue weighted by atomic mass is 10.3. The van der Waals surface area contributed by atoms with Crippen molar-refractivity contribution in [2.75, 3.05) is 0 Å². The van der Waals surface area contributed by atoms with Crippen LogP contribution in [0.5, 0.6) is 0 Å². The number of thiazole rings is 4. The first kappa shape index (κ1) is 17.9. The number of nitrogens with zero attached hydrogens (tertiary/aromatic N) is 4. The number of rotatable bonds is 5. The van der Waals surface area contributed by atoms with Gasteiger partial charge in [0.05, 0.1) is 31.0 Å². The predicted molar refractivity (Wildman–Crippen MR) is 114 cm³/mol.